The highest BCUT2D eigenvalue weighted by Gasteiger charge is 2.37. The Morgan fingerprint density at radius 2 is 1.80 bits per heavy atom. The zero-order chi connectivity index (χ0) is 24.9. The third-order valence-corrected chi connectivity index (χ3v) is 6.99. The molecule has 2 fully saturated rings. The van der Waals surface area contributed by atoms with Gasteiger partial charge >= 0.3 is 0 Å². The summed E-state index contributed by atoms with van der Waals surface area (Å²) in [7, 11) is 0. The summed E-state index contributed by atoms with van der Waals surface area (Å²) >= 11 is 13.2. The average Bonchev–Trinajstić information content (AvgIpc) is 3.45. The molecule has 2 saturated heterocycles. The molecule has 4 rings (SSSR count). The maximum atomic E-state index is 12.9. The van der Waals surface area contributed by atoms with E-state index < -0.39 is 11.1 Å². The number of halogens is 2. The van der Waals surface area contributed by atoms with E-state index in [1.165, 1.54) is 0 Å². The van der Waals surface area contributed by atoms with Gasteiger partial charge in [0.1, 0.15) is 13.2 Å². The van der Waals surface area contributed by atoms with Crippen molar-refractivity contribution in [2.24, 2.45) is 0 Å². The Bertz CT molecular complexity index is 1160. The summed E-state index contributed by atoms with van der Waals surface area (Å²) in [6.07, 6.45) is 3.45. The van der Waals surface area contributed by atoms with Crippen LogP contribution in [0.3, 0.4) is 0 Å². The van der Waals surface area contributed by atoms with Gasteiger partial charge in [-0.3, -0.25) is 19.3 Å². The Morgan fingerprint density at radius 3 is 2.49 bits per heavy atom. The first-order valence-electron chi connectivity index (χ1n) is 11.2. The predicted molar refractivity (Wildman–Crippen MR) is 137 cm³/mol. The summed E-state index contributed by atoms with van der Waals surface area (Å²) in [6.45, 7) is 3.56. The van der Waals surface area contributed by atoms with Gasteiger partial charge in [0, 0.05) is 18.1 Å². The van der Waals surface area contributed by atoms with Crippen LogP contribution in [-0.2, 0) is 16.2 Å². The number of thioether (sulfide) groups is 1. The normalized spacial score (nSPS) is 16.9. The fraction of sp³-hybridized carbons (Fsp3) is 0.320. The van der Waals surface area contributed by atoms with Gasteiger partial charge in [-0.15, -0.1) is 0 Å². The van der Waals surface area contributed by atoms with Crippen molar-refractivity contribution in [3.8, 4) is 11.5 Å². The number of carbonyl (C=O) groups excluding carboxylic acids is 3. The third-order valence-electron chi connectivity index (χ3n) is 5.55. The molecular weight excluding hydrogens is 511 g/mol. The number of nitrogens with zero attached hydrogens (tertiary/aromatic N) is 2. The monoisotopic (exact) mass is 534 g/mol. The Labute approximate surface area is 217 Å². The number of imide groups is 1. The van der Waals surface area contributed by atoms with Crippen molar-refractivity contribution in [3.63, 3.8) is 0 Å². The van der Waals surface area contributed by atoms with Gasteiger partial charge in [-0.05, 0) is 73.0 Å². The van der Waals surface area contributed by atoms with Gasteiger partial charge < -0.3 is 14.4 Å². The smallest absolute Gasteiger partial charge is 0.294 e. The van der Waals surface area contributed by atoms with Gasteiger partial charge in [-0.25, -0.2) is 0 Å². The van der Waals surface area contributed by atoms with Gasteiger partial charge in [0.15, 0.2) is 11.5 Å². The molecule has 2 aromatic rings. The van der Waals surface area contributed by atoms with E-state index >= 15 is 0 Å². The number of carbonyl (C=O) groups is 3. The summed E-state index contributed by atoms with van der Waals surface area (Å²) < 4.78 is 11.7. The van der Waals surface area contributed by atoms with E-state index in [-0.39, 0.29) is 24.0 Å². The van der Waals surface area contributed by atoms with Gasteiger partial charge in [0.25, 0.3) is 11.1 Å². The molecule has 0 aromatic heterocycles. The summed E-state index contributed by atoms with van der Waals surface area (Å²) in [5.74, 6) is 0.0909. The molecule has 0 spiro atoms. The minimum Gasteiger partial charge on any atom is -0.490 e. The first-order valence-corrected chi connectivity index (χ1v) is 12.8. The highest BCUT2D eigenvalue weighted by atomic mass is 35.5. The second-order valence-electron chi connectivity index (χ2n) is 8.03. The van der Waals surface area contributed by atoms with Crippen LogP contribution in [0.2, 0.25) is 10.0 Å². The van der Waals surface area contributed by atoms with Gasteiger partial charge in [-0.2, -0.15) is 0 Å². The molecule has 0 bridgehead atoms. The van der Waals surface area contributed by atoms with E-state index in [1.807, 2.05) is 19.1 Å². The van der Waals surface area contributed by atoms with E-state index in [0.29, 0.717) is 46.8 Å². The highest BCUT2D eigenvalue weighted by molar-refractivity contribution is 8.18. The van der Waals surface area contributed by atoms with Crippen LogP contribution in [-0.4, -0.2) is 53.1 Å². The number of likely N-dealkylation sites (tertiary alicyclic amines) is 1. The van der Waals surface area contributed by atoms with Crippen LogP contribution >= 0.6 is 35.0 Å². The van der Waals surface area contributed by atoms with E-state index in [2.05, 4.69) is 0 Å². The molecule has 7 nitrogen and oxygen atoms in total. The Kier molecular flexibility index (Phi) is 8.26. The maximum Gasteiger partial charge on any atom is 0.294 e. The number of amides is 3. The van der Waals surface area contributed by atoms with Crippen molar-refractivity contribution in [2.75, 3.05) is 26.2 Å². The molecule has 2 heterocycles. The van der Waals surface area contributed by atoms with Gasteiger partial charge in [0.05, 0.1) is 16.5 Å². The minimum atomic E-state index is -0.496. The quantitative estimate of drug-likeness (QED) is 0.408. The van der Waals surface area contributed by atoms with Crippen LogP contribution in [0.25, 0.3) is 6.08 Å². The molecule has 2 aliphatic rings. The molecule has 35 heavy (non-hydrogen) atoms. The van der Waals surface area contributed by atoms with Crippen molar-refractivity contribution in [3.05, 3.63) is 62.5 Å². The van der Waals surface area contributed by atoms with Gasteiger partial charge in [0.2, 0.25) is 5.91 Å². The summed E-state index contributed by atoms with van der Waals surface area (Å²) in [4.78, 5) is 40.6. The third kappa shape index (κ3) is 6.12. The topological polar surface area (TPSA) is 76.2 Å². The van der Waals surface area contributed by atoms with Crippen LogP contribution in [0.1, 0.15) is 30.9 Å². The molecule has 0 saturated carbocycles. The summed E-state index contributed by atoms with van der Waals surface area (Å²) in [5.41, 5.74) is 1.49. The fourth-order valence-electron chi connectivity index (χ4n) is 3.80. The molecule has 0 aliphatic carbocycles. The van der Waals surface area contributed by atoms with Crippen LogP contribution in [0.5, 0.6) is 11.5 Å². The molecule has 10 heteroatoms. The lowest BCUT2D eigenvalue weighted by Crippen LogP contribution is -2.40. The standard InChI is InChI=1S/C25H24Cl2N2O5S/c1-2-33-20-12-17(11-19(27)23(20)34-15-16-5-7-18(26)8-6-16)13-21-24(31)29(25(32)35-21)14-22(30)28-9-3-4-10-28/h5-8,11-13H,2-4,9-10,14-15H2,1H3/b21-13-. The minimum absolute atomic E-state index is 0.213. The predicted octanol–water partition coefficient (Wildman–Crippen LogP) is 5.63. The van der Waals surface area contributed by atoms with Crippen molar-refractivity contribution in [1.82, 2.24) is 9.80 Å². The molecule has 184 valence electrons. The molecular formula is C25H24Cl2N2O5S. The Balaban J connectivity index is 1.51. The zero-order valence-corrected chi connectivity index (χ0v) is 21.4. The number of rotatable bonds is 8. The van der Waals surface area contributed by atoms with Crippen LogP contribution in [0, 0.1) is 0 Å². The second kappa shape index (κ2) is 11.4. The molecule has 3 amide bonds. The molecule has 2 aliphatic heterocycles. The van der Waals surface area contributed by atoms with Crippen molar-refractivity contribution < 1.29 is 23.9 Å². The van der Waals surface area contributed by atoms with E-state index in [4.69, 9.17) is 32.7 Å². The van der Waals surface area contributed by atoms with Gasteiger partial charge in [-0.1, -0.05) is 35.3 Å². The first-order chi connectivity index (χ1) is 16.9. The van der Waals surface area contributed by atoms with Crippen molar-refractivity contribution in [2.45, 2.75) is 26.4 Å². The first kappa shape index (κ1) is 25.4. The van der Waals surface area contributed by atoms with Crippen LogP contribution < -0.4 is 9.47 Å². The number of hydrogen-bond acceptors (Lipinski definition) is 6. The Hall–Kier alpha value is -2.68. The van der Waals surface area contributed by atoms with Crippen molar-refractivity contribution >= 4 is 58.1 Å². The second-order valence-corrected chi connectivity index (χ2v) is 9.87. The molecule has 0 radical (unpaired) electrons. The van der Waals surface area contributed by atoms with E-state index in [9.17, 15) is 14.4 Å². The number of benzene rings is 2. The largest absolute Gasteiger partial charge is 0.490 e. The lowest BCUT2D eigenvalue weighted by atomic mass is 10.1. The molecule has 2 aromatic carbocycles. The zero-order valence-electron chi connectivity index (χ0n) is 19.1. The van der Waals surface area contributed by atoms with Crippen LogP contribution in [0.15, 0.2) is 41.3 Å². The lowest BCUT2D eigenvalue weighted by Gasteiger charge is -2.18. The number of hydrogen-bond donors (Lipinski definition) is 0. The van der Waals surface area contributed by atoms with E-state index in [0.717, 1.165) is 35.1 Å². The summed E-state index contributed by atoms with van der Waals surface area (Å²) in [5, 5.41) is 0.475. The lowest BCUT2D eigenvalue weighted by molar-refractivity contribution is -0.135. The van der Waals surface area contributed by atoms with E-state index in [1.54, 1.807) is 35.2 Å². The number of ether oxygens (including phenoxy) is 2. The molecule has 0 N–H and O–H groups in total. The Morgan fingerprint density at radius 1 is 1.09 bits per heavy atom. The van der Waals surface area contributed by atoms with Crippen molar-refractivity contribution in [1.29, 1.82) is 0 Å². The SMILES string of the molecule is CCOc1cc(/C=C2\SC(=O)N(CC(=O)N3CCCC3)C2=O)cc(Cl)c1OCc1ccc(Cl)cc1. The highest BCUT2D eigenvalue weighted by Crippen LogP contribution is 2.39. The maximum absolute atomic E-state index is 12.9. The molecule has 0 atom stereocenters. The summed E-state index contributed by atoms with van der Waals surface area (Å²) in [6, 6.07) is 10.6. The fourth-order valence-corrected chi connectivity index (χ4v) is 5.04. The average molecular weight is 535 g/mol. The molecule has 0 unspecified atom stereocenters. The van der Waals surface area contributed by atoms with Crippen LogP contribution in [0.4, 0.5) is 4.79 Å².